The van der Waals surface area contributed by atoms with Gasteiger partial charge in [0.2, 0.25) is 21.8 Å². The molecule has 2 amide bonds. The number of rotatable bonds is 13. The molecule has 0 fully saturated rings. The molecule has 2 aromatic carbocycles. The van der Waals surface area contributed by atoms with Crippen LogP contribution in [0.4, 0.5) is 0 Å². The zero-order valence-electron chi connectivity index (χ0n) is 20.0. The van der Waals surface area contributed by atoms with Gasteiger partial charge in [-0.15, -0.1) is 0 Å². The summed E-state index contributed by atoms with van der Waals surface area (Å²) in [4.78, 5) is 27.8. The molecule has 0 saturated heterocycles. The van der Waals surface area contributed by atoms with Crippen LogP contribution in [0.25, 0.3) is 0 Å². The second-order valence-corrected chi connectivity index (χ2v) is 10.6. The summed E-state index contributed by atoms with van der Waals surface area (Å²) in [5, 5.41) is 3.48. The third kappa shape index (κ3) is 7.82. The van der Waals surface area contributed by atoms with Crippen molar-refractivity contribution in [3.8, 4) is 0 Å². The van der Waals surface area contributed by atoms with Gasteiger partial charge in [-0.1, -0.05) is 55.8 Å². The van der Waals surface area contributed by atoms with Crippen molar-refractivity contribution in [1.82, 2.24) is 14.5 Å². The van der Waals surface area contributed by atoms with Crippen molar-refractivity contribution in [3.05, 3.63) is 65.2 Å². The summed E-state index contributed by atoms with van der Waals surface area (Å²) in [6, 6.07) is 14.8. The van der Waals surface area contributed by atoms with Crippen molar-refractivity contribution >= 4 is 33.4 Å². The van der Waals surface area contributed by atoms with E-state index in [1.165, 1.54) is 11.4 Å². The predicted molar refractivity (Wildman–Crippen MR) is 135 cm³/mol. The molecule has 0 saturated carbocycles. The Kier molecular flexibility index (Phi) is 11.0. The van der Waals surface area contributed by atoms with E-state index in [9.17, 15) is 18.0 Å². The Hall–Kier alpha value is -2.42. The Balaban J connectivity index is 2.10. The molecule has 0 radical (unpaired) electrons. The smallest absolute Gasteiger partial charge is 0.242 e. The molecule has 0 spiro atoms. The summed E-state index contributed by atoms with van der Waals surface area (Å²) < 4.78 is 26.7. The first-order valence-electron chi connectivity index (χ1n) is 11.5. The van der Waals surface area contributed by atoms with Crippen LogP contribution in [0.1, 0.15) is 45.1 Å². The molecule has 9 heteroatoms. The van der Waals surface area contributed by atoms with Crippen LogP contribution in [0, 0.1) is 0 Å². The van der Waals surface area contributed by atoms with E-state index in [4.69, 9.17) is 11.6 Å². The monoisotopic (exact) mass is 507 g/mol. The van der Waals surface area contributed by atoms with Gasteiger partial charge in [-0.25, -0.2) is 12.7 Å². The SMILES string of the molecule is CCCNC(=O)[C@H](CC)N(Cc1ccc(Cl)cc1)C(=O)CCCN(C)S(=O)(=O)c1ccccc1. The molecule has 1 N–H and O–H groups in total. The van der Waals surface area contributed by atoms with Gasteiger partial charge in [0, 0.05) is 38.1 Å². The van der Waals surface area contributed by atoms with Crippen molar-refractivity contribution in [2.75, 3.05) is 20.1 Å². The number of sulfonamides is 1. The van der Waals surface area contributed by atoms with Gasteiger partial charge in [-0.05, 0) is 49.1 Å². The Labute approximate surface area is 208 Å². The van der Waals surface area contributed by atoms with Gasteiger partial charge < -0.3 is 10.2 Å². The molecule has 0 heterocycles. The van der Waals surface area contributed by atoms with Crippen molar-refractivity contribution in [3.63, 3.8) is 0 Å². The molecule has 34 heavy (non-hydrogen) atoms. The Morgan fingerprint density at radius 2 is 1.68 bits per heavy atom. The highest BCUT2D eigenvalue weighted by molar-refractivity contribution is 7.89. The summed E-state index contributed by atoms with van der Waals surface area (Å²) >= 11 is 5.99. The lowest BCUT2D eigenvalue weighted by molar-refractivity contribution is -0.141. The number of hydrogen-bond acceptors (Lipinski definition) is 4. The molecule has 2 aromatic rings. The minimum absolute atomic E-state index is 0.125. The Morgan fingerprint density at radius 3 is 2.26 bits per heavy atom. The van der Waals surface area contributed by atoms with Gasteiger partial charge in [0.1, 0.15) is 6.04 Å². The molecule has 1 atom stereocenters. The molecule has 0 aliphatic carbocycles. The number of nitrogens with zero attached hydrogens (tertiary/aromatic N) is 2. The van der Waals surface area contributed by atoms with Crippen LogP contribution in [0.3, 0.4) is 0 Å². The van der Waals surface area contributed by atoms with Crippen LogP contribution < -0.4 is 5.32 Å². The maximum Gasteiger partial charge on any atom is 0.242 e. The van der Waals surface area contributed by atoms with E-state index in [1.54, 1.807) is 47.4 Å². The molecular formula is C25H34ClN3O4S. The van der Waals surface area contributed by atoms with Crippen molar-refractivity contribution < 1.29 is 18.0 Å². The summed E-state index contributed by atoms with van der Waals surface area (Å²) in [6.45, 7) is 4.85. The molecule has 7 nitrogen and oxygen atoms in total. The van der Waals surface area contributed by atoms with E-state index in [0.29, 0.717) is 24.4 Å². The van der Waals surface area contributed by atoms with E-state index in [0.717, 1.165) is 12.0 Å². The van der Waals surface area contributed by atoms with Crippen molar-refractivity contribution in [2.45, 2.75) is 57.0 Å². The highest BCUT2D eigenvalue weighted by Gasteiger charge is 2.28. The van der Waals surface area contributed by atoms with Crippen LogP contribution in [0.15, 0.2) is 59.5 Å². The Bertz CT molecular complexity index is 1030. The summed E-state index contributed by atoms with van der Waals surface area (Å²) in [5.74, 6) is -0.380. The zero-order chi connectivity index (χ0) is 25.1. The Morgan fingerprint density at radius 1 is 1.03 bits per heavy atom. The first kappa shape index (κ1) is 27.8. The lowest BCUT2D eigenvalue weighted by Gasteiger charge is -2.31. The number of amides is 2. The summed E-state index contributed by atoms with van der Waals surface area (Å²) in [7, 11) is -2.12. The molecule has 0 aliphatic rings. The van der Waals surface area contributed by atoms with Crippen LogP contribution in [-0.4, -0.2) is 55.6 Å². The molecule has 0 unspecified atom stereocenters. The average Bonchev–Trinajstić information content (AvgIpc) is 2.84. The molecular weight excluding hydrogens is 474 g/mol. The number of hydrogen-bond donors (Lipinski definition) is 1. The van der Waals surface area contributed by atoms with Gasteiger partial charge in [0.15, 0.2) is 0 Å². The molecule has 186 valence electrons. The fraction of sp³-hybridized carbons (Fsp3) is 0.440. The van der Waals surface area contributed by atoms with Gasteiger partial charge in [-0.3, -0.25) is 9.59 Å². The second-order valence-electron chi connectivity index (χ2n) is 8.11. The van der Waals surface area contributed by atoms with E-state index in [2.05, 4.69) is 5.32 Å². The van der Waals surface area contributed by atoms with Crippen LogP contribution >= 0.6 is 11.6 Å². The number of carbonyl (C=O) groups is 2. The lowest BCUT2D eigenvalue weighted by atomic mass is 10.1. The van der Waals surface area contributed by atoms with Crippen molar-refractivity contribution in [1.29, 1.82) is 0 Å². The highest BCUT2D eigenvalue weighted by Crippen LogP contribution is 2.18. The largest absolute Gasteiger partial charge is 0.354 e. The second kappa shape index (κ2) is 13.5. The number of carbonyl (C=O) groups excluding carboxylic acids is 2. The van der Waals surface area contributed by atoms with E-state index in [-0.39, 0.29) is 36.2 Å². The zero-order valence-corrected chi connectivity index (χ0v) is 21.6. The molecule has 0 aliphatic heterocycles. The first-order valence-corrected chi connectivity index (χ1v) is 13.4. The van der Waals surface area contributed by atoms with Crippen LogP contribution in [0.5, 0.6) is 0 Å². The first-order chi connectivity index (χ1) is 16.2. The van der Waals surface area contributed by atoms with Crippen molar-refractivity contribution in [2.24, 2.45) is 0 Å². The standard InChI is InChI=1S/C25H34ClN3O4S/c1-4-17-27-25(31)23(5-2)29(19-20-13-15-21(26)16-14-20)24(30)12-9-18-28(3)34(32,33)22-10-7-6-8-11-22/h6-8,10-11,13-16,23H,4-5,9,12,17-19H2,1-3H3,(H,27,31)/t23-/m0/s1. The minimum atomic E-state index is -3.62. The van der Waals surface area contributed by atoms with E-state index < -0.39 is 16.1 Å². The molecule has 0 bridgehead atoms. The van der Waals surface area contributed by atoms with Crippen LogP contribution in [-0.2, 0) is 26.2 Å². The lowest BCUT2D eigenvalue weighted by Crippen LogP contribution is -2.49. The van der Waals surface area contributed by atoms with E-state index in [1.807, 2.05) is 26.0 Å². The van der Waals surface area contributed by atoms with Gasteiger partial charge in [0.05, 0.1) is 4.90 Å². The number of halogens is 1. The number of nitrogens with one attached hydrogen (secondary N) is 1. The topological polar surface area (TPSA) is 86.8 Å². The summed E-state index contributed by atoms with van der Waals surface area (Å²) in [6.07, 6.45) is 1.73. The molecule has 2 rings (SSSR count). The maximum absolute atomic E-state index is 13.2. The molecule has 0 aromatic heterocycles. The van der Waals surface area contributed by atoms with Gasteiger partial charge >= 0.3 is 0 Å². The predicted octanol–water partition coefficient (Wildman–Crippen LogP) is 4.07. The summed E-state index contributed by atoms with van der Waals surface area (Å²) in [5.41, 5.74) is 0.864. The quantitative estimate of drug-likeness (QED) is 0.442. The fourth-order valence-electron chi connectivity index (χ4n) is 3.56. The fourth-order valence-corrected chi connectivity index (χ4v) is 4.92. The minimum Gasteiger partial charge on any atom is -0.354 e. The third-order valence-electron chi connectivity index (χ3n) is 5.52. The maximum atomic E-state index is 13.2. The van der Waals surface area contributed by atoms with Gasteiger partial charge in [-0.2, -0.15) is 0 Å². The van der Waals surface area contributed by atoms with E-state index >= 15 is 0 Å². The average molecular weight is 508 g/mol. The third-order valence-corrected chi connectivity index (χ3v) is 7.64. The van der Waals surface area contributed by atoms with Crippen LogP contribution in [0.2, 0.25) is 5.02 Å². The number of benzene rings is 2. The van der Waals surface area contributed by atoms with Gasteiger partial charge in [0.25, 0.3) is 0 Å². The highest BCUT2D eigenvalue weighted by atomic mass is 35.5. The normalized spacial score (nSPS) is 12.4.